The number of benzene rings is 1. The lowest BCUT2D eigenvalue weighted by Gasteiger charge is -2.06. The molecular formula is C15H17FN4O. The van der Waals surface area contributed by atoms with Gasteiger partial charge in [-0.25, -0.2) is 14.4 Å². The van der Waals surface area contributed by atoms with Crippen molar-refractivity contribution < 1.29 is 9.18 Å². The summed E-state index contributed by atoms with van der Waals surface area (Å²) in [5.41, 5.74) is 0.816. The van der Waals surface area contributed by atoms with Crippen molar-refractivity contribution >= 4 is 11.7 Å². The Bertz CT molecular complexity index is 601. The summed E-state index contributed by atoms with van der Waals surface area (Å²) in [6, 6.07) is 6.51. The van der Waals surface area contributed by atoms with Crippen LogP contribution < -0.4 is 10.6 Å². The molecule has 0 aliphatic carbocycles. The van der Waals surface area contributed by atoms with E-state index in [2.05, 4.69) is 20.6 Å². The highest BCUT2D eigenvalue weighted by molar-refractivity contribution is 5.91. The Kier molecular flexibility index (Phi) is 5.20. The quantitative estimate of drug-likeness (QED) is 0.853. The maximum absolute atomic E-state index is 13.4. The fraction of sp³-hybridized carbons (Fsp3) is 0.267. The van der Waals surface area contributed by atoms with Crippen LogP contribution in [0.5, 0.6) is 0 Å². The van der Waals surface area contributed by atoms with Gasteiger partial charge in [0.25, 0.3) is 5.91 Å². The number of aromatic nitrogens is 2. The number of hydrogen-bond acceptors (Lipinski definition) is 4. The van der Waals surface area contributed by atoms with Crippen molar-refractivity contribution in [3.05, 3.63) is 53.7 Å². The van der Waals surface area contributed by atoms with E-state index in [0.717, 1.165) is 6.54 Å². The Hall–Kier alpha value is -2.50. The molecule has 0 spiro atoms. The van der Waals surface area contributed by atoms with Crippen molar-refractivity contribution in [2.45, 2.75) is 13.3 Å². The summed E-state index contributed by atoms with van der Waals surface area (Å²) in [7, 11) is 0. The summed E-state index contributed by atoms with van der Waals surface area (Å²) in [6.45, 7) is 3.03. The summed E-state index contributed by atoms with van der Waals surface area (Å²) in [5, 5.41) is 5.70. The summed E-state index contributed by atoms with van der Waals surface area (Å²) < 4.78 is 13.4. The lowest BCUT2D eigenvalue weighted by atomic mass is 10.1. The van der Waals surface area contributed by atoms with Gasteiger partial charge < -0.3 is 10.6 Å². The van der Waals surface area contributed by atoms with E-state index in [4.69, 9.17) is 0 Å². The van der Waals surface area contributed by atoms with Crippen molar-refractivity contribution in [1.82, 2.24) is 15.3 Å². The van der Waals surface area contributed by atoms with Gasteiger partial charge in [-0.2, -0.15) is 0 Å². The summed E-state index contributed by atoms with van der Waals surface area (Å²) >= 11 is 0. The van der Waals surface area contributed by atoms with E-state index in [1.165, 1.54) is 18.5 Å². The van der Waals surface area contributed by atoms with E-state index in [0.29, 0.717) is 24.3 Å². The molecule has 0 atom stereocenters. The van der Waals surface area contributed by atoms with Crippen LogP contribution in [0.15, 0.2) is 36.7 Å². The van der Waals surface area contributed by atoms with Crippen LogP contribution >= 0.6 is 0 Å². The average Bonchev–Trinajstić information content (AvgIpc) is 2.50. The molecule has 1 aromatic carbocycles. The highest BCUT2D eigenvalue weighted by atomic mass is 19.1. The summed E-state index contributed by atoms with van der Waals surface area (Å²) in [4.78, 5) is 20.0. The third kappa shape index (κ3) is 4.24. The number of carbonyl (C=O) groups is 1. The Morgan fingerprint density at radius 2 is 2.05 bits per heavy atom. The number of amides is 1. The SMILES string of the molecule is CCNc1cnc(C(=O)NCCc2ccccc2F)cn1. The predicted molar refractivity (Wildman–Crippen MR) is 78.6 cm³/mol. The van der Waals surface area contributed by atoms with Crippen molar-refractivity contribution in [1.29, 1.82) is 0 Å². The summed E-state index contributed by atoms with van der Waals surface area (Å²) in [5.74, 6) is 0.0452. The molecule has 0 saturated heterocycles. The van der Waals surface area contributed by atoms with E-state index in [1.54, 1.807) is 18.2 Å². The first-order valence-corrected chi connectivity index (χ1v) is 6.78. The first-order valence-electron chi connectivity index (χ1n) is 6.78. The maximum Gasteiger partial charge on any atom is 0.271 e. The Morgan fingerprint density at radius 3 is 2.71 bits per heavy atom. The molecule has 2 N–H and O–H groups in total. The molecule has 2 rings (SSSR count). The molecule has 0 saturated carbocycles. The molecule has 0 aliphatic rings. The highest BCUT2D eigenvalue weighted by Gasteiger charge is 2.08. The van der Waals surface area contributed by atoms with E-state index < -0.39 is 0 Å². The molecule has 0 unspecified atom stereocenters. The third-order valence-electron chi connectivity index (χ3n) is 2.88. The standard InChI is InChI=1S/C15H17FN4O/c1-2-17-14-10-19-13(9-20-14)15(21)18-8-7-11-5-3-4-6-12(11)16/h3-6,9-10H,2,7-8H2,1H3,(H,17,20)(H,18,21). The zero-order valence-corrected chi connectivity index (χ0v) is 11.8. The molecule has 1 amide bonds. The minimum Gasteiger partial charge on any atom is -0.369 e. The van der Waals surface area contributed by atoms with Gasteiger partial charge in [-0.1, -0.05) is 18.2 Å². The molecule has 0 radical (unpaired) electrons. The minimum atomic E-state index is -0.318. The van der Waals surface area contributed by atoms with Gasteiger partial charge in [0.2, 0.25) is 0 Å². The normalized spacial score (nSPS) is 10.2. The van der Waals surface area contributed by atoms with E-state index in [9.17, 15) is 9.18 Å². The van der Waals surface area contributed by atoms with Crippen LogP contribution in [0.2, 0.25) is 0 Å². The van der Waals surface area contributed by atoms with Crippen molar-refractivity contribution in [2.75, 3.05) is 18.4 Å². The van der Waals surface area contributed by atoms with Gasteiger partial charge in [0.15, 0.2) is 0 Å². The van der Waals surface area contributed by atoms with Gasteiger partial charge in [-0.3, -0.25) is 4.79 Å². The molecule has 5 nitrogen and oxygen atoms in total. The first kappa shape index (κ1) is 14.9. The number of nitrogens with zero attached hydrogens (tertiary/aromatic N) is 2. The predicted octanol–water partition coefficient (Wildman–Crippen LogP) is 2.02. The fourth-order valence-electron chi connectivity index (χ4n) is 1.82. The second-order valence-corrected chi connectivity index (χ2v) is 4.41. The molecule has 0 fully saturated rings. The third-order valence-corrected chi connectivity index (χ3v) is 2.88. The Balaban J connectivity index is 1.85. The van der Waals surface area contributed by atoms with Gasteiger partial charge in [0, 0.05) is 13.1 Å². The molecule has 0 aliphatic heterocycles. The minimum absolute atomic E-state index is 0.241. The van der Waals surface area contributed by atoms with Crippen LogP contribution in [-0.2, 0) is 6.42 Å². The van der Waals surface area contributed by atoms with Crippen LogP contribution in [-0.4, -0.2) is 29.0 Å². The molecule has 2 aromatic rings. The number of halogens is 1. The Morgan fingerprint density at radius 1 is 1.24 bits per heavy atom. The van der Waals surface area contributed by atoms with Gasteiger partial charge in [0.1, 0.15) is 17.3 Å². The smallest absolute Gasteiger partial charge is 0.271 e. The lowest BCUT2D eigenvalue weighted by Crippen LogP contribution is -2.27. The summed E-state index contributed by atoms with van der Waals surface area (Å²) in [6.07, 6.45) is 3.35. The number of rotatable bonds is 6. The highest BCUT2D eigenvalue weighted by Crippen LogP contribution is 2.06. The lowest BCUT2D eigenvalue weighted by molar-refractivity contribution is 0.0948. The van der Waals surface area contributed by atoms with E-state index in [1.807, 2.05) is 6.92 Å². The average molecular weight is 288 g/mol. The monoisotopic (exact) mass is 288 g/mol. The topological polar surface area (TPSA) is 66.9 Å². The fourth-order valence-corrected chi connectivity index (χ4v) is 1.82. The van der Waals surface area contributed by atoms with Crippen molar-refractivity contribution in [2.24, 2.45) is 0 Å². The zero-order chi connectivity index (χ0) is 15.1. The first-order chi connectivity index (χ1) is 10.2. The Labute approximate surface area is 122 Å². The molecule has 21 heavy (non-hydrogen) atoms. The van der Waals surface area contributed by atoms with Gasteiger partial charge in [0.05, 0.1) is 12.4 Å². The van der Waals surface area contributed by atoms with Crippen molar-refractivity contribution in [3.8, 4) is 0 Å². The number of hydrogen-bond donors (Lipinski definition) is 2. The van der Waals surface area contributed by atoms with Crippen LogP contribution in [0.1, 0.15) is 23.0 Å². The van der Waals surface area contributed by atoms with Crippen LogP contribution in [0.25, 0.3) is 0 Å². The molecule has 1 heterocycles. The van der Waals surface area contributed by atoms with Crippen LogP contribution in [0, 0.1) is 5.82 Å². The molecular weight excluding hydrogens is 271 g/mol. The largest absolute Gasteiger partial charge is 0.369 e. The second kappa shape index (κ2) is 7.33. The van der Waals surface area contributed by atoms with Gasteiger partial charge in [-0.05, 0) is 25.0 Å². The van der Waals surface area contributed by atoms with Gasteiger partial charge >= 0.3 is 0 Å². The molecule has 6 heteroatoms. The number of carbonyl (C=O) groups excluding carboxylic acids is 1. The molecule has 0 bridgehead atoms. The van der Waals surface area contributed by atoms with Crippen LogP contribution in [0.3, 0.4) is 0 Å². The maximum atomic E-state index is 13.4. The van der Waals surface area contributed by atoms with E-state index in [-0.39, 0.29) is 17.4 Å². The van der Waals surface area contributed by atoms with E-state index >= 15 is 0 Å². The number of nitrogens with one attached hydrogen (secondary N) is 2. The second-order valence-electron chi connectivity index (χ2n) is 4.41. The molecule has 110 valence electrons. The van der Waals surface area contributed by atoms with Gasteiger partial charge in [-0.15, -0.1) is 0 Å². The number of anilines is 1. The zero-order valence-electron chi connectivity index (χ0n) is 11.8. The molecule has 1 aromatic heterocycles. The van der Waals surface area contributed by atoms with Crippen molar-refractivity contribution in [3.63, 3.8) is 0 Å². The van der Waals surface area contributed by atoms with Crippen LogP contribution in [0.4, 0.5) is 10.2 Å².